The maximum absolute atomic E-state index is 12.5. The predicted molar refractivity (Wildman–Crippen MR) is 104 cm³/mol. The van der Waals surface area contributed by atoms with E-state index in [0.717, 1.165) is 55.2 Å². The normalized spacial score (nSPS) is 28.6. The smallest absolute Gasteiger partial charge is 0.223 e. The number of furan rings is 1. The molecular formula is C22H29NO4. The monoisotopic (exact) mass is 371 g/mol. The molecule has 0 saturated heterocycles. The van der Waals surface area contributed by atoms with Crippen LogP contribution in [0.15, 0.2) is 34.9 Å². The molecule has 2 aliphatic rings. The Hall–Kier alpha value is -2.01. The number of hydrogen-bond acceptors (Lipinski definition) is 4. The molecule has 2 saturated carbocycles. The summed E-state index contributed by atoms with van der Waals surface area (Å²) in [6.45, 7) is 3.77. The number of benzene rings is 1. The molecule has 2 aromatic rings. The van der Waals surface area contributed by atoms with Crippen molar-refractivity contribution in [3.63, 3.8) is 0 Å². The summed E-state index contributed by atoms with van der Waals surface area (Å²) in [7, 11) is 0. The Balaban J connectivity index is 1.23. The lowest BCUT2D eigenvalue weighted by Gasteiger charge is -2.38. The molecule has 5 nitrogen and oxygen atoms in total. The molecule has 1 heterocycles. The Morgan fingerprint density at radius 3 is 2.63 bits per heavy atom. The van der Waals surface area contributed by atoms with Gasteiger partial charge in [0.1, 0.15) is 6.10 Å². The molecule has 1 aromatic carbocycles. The van der Waals surface area contributed by atoms with E-state index < -0.39 is 5.60 Å². The summed E-state index contributed by atoms with van der Waals surface area (Å²) in [6, 6.07) is 8.04. The number of fused-ring (bicyclic) bond motifs is 1. The van der Waals surface area contributed by atoms with Crippen LogP contribution in [0.2, 0.25) is 0 Å². The number of hydrogen-bond donors (Lipinski definition) is 2. The van der Waals surface area contributed by atoms with Crippen molar-refractivity contribution in [2.75, 3.05) is 0 Å². The summed E-state index contributed by atoms with van der Waals surface area (Å²) in [4.78, 5) is 12.5. The number of carbonyl (C=O) groups excluding carboxylic acids is 1. The molecule has 0 spiro atoms. The minimum absolute atomic E-state index is 0.0396. The summed E-state index contributed by atoms with van der Waals surface area (Å²) in [5, 5.41) is 14.4. The number of nitrogens with one attached hydrogen (secondary N) is 1. The van der Waals surface area contributed by atoms with Gasteiger partial charge in [-0.05, 0) is 70.4 Å². The lowest BCUT2D eigenvalue weighted by atomic mass is 9.76. The zero-order valence-electron chi connectivity index (χ0n) is 16.1. The SMILES string of the molecule is CC(C)(O)C1CCC(NC(=O)C2CC(Oc3cccc4ccoc34)C2)CC1. The van der Waals surface area contributed by atoms with Crippen LogP contribution in [0, 0.1) is 11.8 Å². The van der Waals surface area contributed by atoms with Crippen LogP contribution < -0.4 is 10.1 Å². The molecule has 1 amide bonds. The molecule has 1 aromatic heterocycles. The van der Waals surface area contributed by atoms with Crippen LogP contribution in [0.4, 0.5) is 0 Å². The van der Waals surface area contributed by atoms with E-state index in [2.05, 4.69) is 5.32 Å². The van der Waals surface area contributed by atoms with Crippen LogP contribution in [-0.4, -0.2) is 28.8 Å². The van der Waals surface area contributed by atoms with Crippen LogP contribution in [-0.2, 0) is 4.79 Å². The molecule has 2 aliphatic carbocycles. The second kappa shape index (κ2) is 7.19. The number of rotatable bonds is 5. The lowest BCUT2D eigenvalue weighted by Crippen LogP contribution is -2.48. The highest BCUT2D eigenvalue weighted by molar-refractivity contribution is 5.83. The van der Waals surface area contributed by atoms with Gasteiger partial charge in [0, 0.05) is 17.3 Å². The van der Waals surface area contributed by atoms with Gasteiger partial charge in [-0.2, -0.15) is 0 Å². The molecule has 0 atom stereocenters. The Labute approximate surface area is 160 Å². The van der Waals surface area contributed by atoms with Crippen LogP contribution in [0.5, 0.6) is 5.75 Å². The fraction of sp³-hybridized carbons (Fsp3) is 0.591. The third-order valence-corrected chi connectivity index (χ3v) is 6.27. The lowest BCUT2D eigenvalue weighted by molar-refractivity contribution is -0.131. The average molecular weight is 371 g/mol. The van der Waals surface area contributed by atoms with Gasteiger partial charge in [-0.1, -0.05) is 12.1 Å². The number of carbonyl (C=O) groups is 1. The first-order chi connectivity index (χ1) is 12.9. The van der Waals surface area contributed by atoms with Crippen molar-refractivity contribution in [1.82, 2.24) is 5.32 Å². The second-order valence-electron chi connectivity index (χ2n) is 8.71. The van der Waals surface area contributed by atoms with Crippen LogP contribution in [0.3, 0.4) is 0 Å². The highest BCUT2D eigenvalue weighted by atomic mass is 16.5. The number of amides is 1. The fourth-order valence-corrected chi connectivity index (χ4v) is 4.38. The summed E-state index contributed by atoms with van der Waals surface area (Å²) >= 11 is 0. The van der Waals surface area contributed by atoms with Gasteiger partial charge in [-0.15, -0.1) is 0 Å². The van der Waals surface area contributed by atoms with Crippen LogP contribution in [0.1, 0.15) is 52.4 Å². The second-order valence-corrected chi connectivity index (χ2v) is 8.71. The predicted octanol–water partition coefficient (Wildman–Crippen LogP) is 4.04. The molecule has 0 bridgehead atoms. The van der Waals surface area contributed by atoms with E-state index in [4.69, 9.17) is 9.15 Å². The number of ether oxygens (including phenoxy) is 1. The summed E-state index contributed by atoms with van der Waals surface area (Å²) in [5.74, 6) is 1.28. The van der Waals surface area contributed by atoms with E-state index in [-0.39, 0.29) is 24.0 Å². The Kier molecular flexibility index (Phi) is 4.89. The van der Waals surface area contributed by atoms with E-state index in [1.807, 2.05) is 38.1 Å². The molecule has 27 heavy (non-hydrogen) atoms. The van der Waals surface area contributed by atoms with Gasteiger partial charge in [0.25, 0.3) is 0 Å². The van der Waals surface area contributed by atoms with Gasteiger partial charge >= 0.3 is 0 Å². The standard InChI is InChI=1S/C22H29NO4/c1-22(2,25)16-6-8-17(9-7-16)23-21(24)15-12-18(13-15)27-19-5-3-4-14-10-11-26-20(14)19/h3-5,10-11,15-18,25H,6-9,12-13H2,1-2H3,(H,23,24). The van der Waals surface area contributed by atoms with E-state index in [0.29, 0.717) is 5.92 Å². The van der Waals surface area contributed by atoms with Gasteiger partial charge in [-0.25, -0.2) is 0 Å². The molecule has 0 aliphatic heterocycles. The molecule has 0 radical (unpaired) electrons. The maximum Gasteiger partial charge on any atom is 0.223 e. The van der Waals surface area contributed by atoms with Crippen LogP contribution >= 0.6 is 0 Å². The van der Waals surface area contributed by atoms with Crippen molar-refractivity contribution in [2.45, 2.75) is 70.1 Å². The molecule has 2 fully saturated rings. The first kappa shape index (κ1) is 18.4. The van der Waals surface area contributed by atoms with Crippen molar-refractivity contribution in [3.05, 3.63) is 30.5 Å². The first-order valence-corrected chi connectivity index (χ1v) is 10.1. The molecule has 146 valence electrons. The molecule has 4 rings (SSSR count). The molecule has 0 unspecified atom stereocenters. The Bertz CT molecular complexity index is 792. The van der Waals surface area contributed by atoms with Gasteiger partial charge in [0.05, 0.1) is 11.9 Å². The fourth-order valence-electron chi connectivity index (χ4n) is 4.38. The van der Waals surface area contributed by atoms with Crippen molar-refractivity contribution in [2.24, 2.45) is 11.8 Å². The molecular weight excluding hydrogens is 342 g/mol. The minimum atomic E-state index is -0.621. The van der Waals surface area contributed by atoms with Gasteiger partial charge in [0.15, 0.2) is 11.3 Å². The first-order valence-electron chi connectivity index (χ1n) is 10.1. The topological polar surface area (TPSA) is 71.7 Å². The number of para-hydroxylation sites is 1. The van der Waals surface area contributed by atoms with E-state index in [1.54, 1.807) is 6.26 Å². The van der Waals surface area contributed by atoms with Crippen molar-refractivity contribution < 1.29 is 19.1 Å². The van der Waals surface area contributed by atoms with Crippen LogP contribution in [0.25, 0.3) is 11.0 Å². The van der Waals surface area contributed by atoms with Crippen molar-refractivity contribution in [1.29, 1.82) is 0 Å². The Morgan fingerprint density at radius 1 is 1.19 bits per heavy atom. The van der Waals surface area contributed by atoms with E-state index in [1.165, 1.54) is 0 Å². The molecule has 5 heteroatoms. The van der Waals surface area contributed by atoms with Crippen molar-refractivity contribution >= 4 is 16.9 Å². The molecule has 2 N–H and O–H groups in total. The maximum atomic E-state index is 12.5. The zero-order chi connectivity index (χ0) is 19.0. The summed E-state index contributed by atoms with van der Waals surface area (Å²) in [5.41, 5.74) is 0.152. The van der Waals surface area contributed by atoms with E-state index in [9.17, 15) is 9.90 Å². The third-order valence-electron chi connectivity index (χ3n) is 6.27. The third kappa shape index (κ3) is 3.98. The van der Waals surface area contributed by atoms with Gasteiger partial charge in [-0.3, -0.25) is 4.79 Å². The van der Waals surface area contributed by atoms with E-state index >= 15 is 0 Å². The summed E-state index contributed by atoms with van der Waals surface area (Å²) < 4.78 is 11.5. The van der Waals surface area contributed by atoms with Gasteiger partial charge in [0.2, 0.25) is 5.91 Å². The minimum Gasteiger partial charge on any atom is -0.486 e. The average Bonchev–Trinajstić information content (AvgIpc) is 3.06. The van der Waals surface area contributed by atoms with Gasteiger partial charge < -0.3 is 19.6 Å². The highest BCUT2D eigenvalue weighted by Gasteiger charge is 2.38. The number of aliphatic hydroxyl groups is 1. The highest BCUT2D eigenvalue weighted by Crippen LogP contribution is 2.36. The summed E-state index contributed by atoms with van der Waals surface area (Å²) in [6.07, 6.45) is 7.09. The van der Waals surface area contributed by atoms with Crippen molar-refractivity contribution in [3.8, 4) is 5.75 Å². The quantitative estimate of drug-likeness (QED) is 0.832. The Morgan fingerprint density at radius 2 is 1.93 bits per heavy atom. The largest absolute Gasteiger partial charge is 0.486 e. The zero-order valence-corrected chi connectivity index (χ0v) is 16.1.